The van der Waals surface area contributed by atoms with E-state index in [1.807, 2.05) is 7.05 Å². The summed E-state index contributed by atoms with van der Waals surface area (Å²) in [6.45, 7) is 1.92. The van der Waals surface area contributed by atoms with E-state index in [0.29, 0.717) is 50.1 Å². The highest BCUT2D eigenvalue weighted by molar-refractivity contribution is 6.31. The van der Waals surface area contributed by atoms with Crippen LogP contribution < -0.4 is 5.32 Å². The lowest BCUT2D eigenvalue weighted by atomic mass is 9.87. The summed E-state index contributed by atoms with van der Waals surface area (Å²) in [4.78, 5) is 57.5. The first-order chi connectivity index (χ1) is 18.4. The van der Waals surface area contributed by atoms with Crippen molar-refractivity contribution in [3.63, 3.8) is 0 Å². The molecule has 5 amide bonds. The zero-order chi connectivity index (χ0) is 28.1. The highest BCUT2D eigenvalue weighted by Crippen LogP contribution is 2.46. The number of hydrogen-bond donors (Lipinski definition) is 1. The molecule has 4 aliphatic rings. The van der Waals surface area contributed by atoms with Gasteiger partial charge in [-0.2, -0.15) is 13.2 Å². The fourth-order valence-corrected chi connectivity index (χ4v) is 5.76. The number of rotatable bonds is 6. The Bertz CT molecular complexity index is 1200. The van der Waals surface area contributed by atoms with Gasteiger partial charge in [-0.25, -0.2) is 14.5 Å². The van der Waals surface area contributed by atoms with Gasteiger partial charge in [-0.1, -0.05) is 11.6 Å². The predicted molar refractivity (Wildman–Crippen MR) is 131 cm³/mol. The van der Waals surface area contributed by atoms with Crippen molar-refractivity contribution in [2.24, 2.45) is 5.92 Å². The maximum atomic E-state index is 13.4. The molecule has 39 heavy (non-hydrogen) atoms. The summed E-state index contributed by atoms with van der Waals surface area (Å²) in [5.74, 6) is -1.04. The molecule has 1 aliphatic carbocycles. The van der Waals surface area contributed by atoms with E-state index in [9.17, 15) is 32.3 Å². The Morgan fingerprint density at radius 1 is 1.08 bits per heavy atom. The van der Waals surface area contributed by atoms with E-state index in [-0.39, 0.29) is 37.8 Å². The average Bonchev–Trinajstić information content (AvgIpc) is 3.60. The molecule has 5 rings (SSSR count). The minimum Gasteiger partial charge on any atom is -0.427 e. The Labute approximate surface area is 227 Å². The van der Waals surface area contributed by atoms with Gasteiger partial charge in [0.15, 0.2) is 6.73 Å². The fourth-order valence-electron chi connectivity index (χ4n) is 5.47. The molecule has 1 N–H and O–H groups in total. The largest absolute Gasteiger partial charge is 0.427 e. The third-order valence-corrected chi connectivity index (χ3v) is 8.27. The lowest BCUT2D eigenvalue weighted by Gasteiger charge is -2.32. The number of piperazine rings is 1. The van der Waals surface area contributed by atoms with E-state index in [4.69, 9.17) is 16.3 Å². The maximum absolute atomic E-state index is 13.4. The zero-order valence-corrected chi connectivity index (χ0v) is 22.1. The minimum absolute atomic E-state index is 0.000479. The molecule has 2 saturated heterocycles. The Hall–Kier alpha value is -3.06. The summed E-state index contributed by atoms with van der Waals surface area (Å²) in [5.41, 5.74) is -1.32. The van der Waals surface area contributed by atoms with Crippen molar-refractivity contribution in [3.05, 3.63) is 33.8 Å². The van der Waals surface area contributed by atoms with Crippen LogP contribution in [0.15, 0.2) is 12.1 Å². The summed E-state index contributed by atoms with van der Waals surface area (Å²) in [6, 6.07) is 1.52. The average molecular weight is 572 g/mol. The van der Waals surface area contributed by atoms with Crippen molar-refractivity contribution in [2.75, 3.05) is 40.0 Å². The maximum Gasteiger partial charge on any atom is 0.417 e. The first kappa shape index (κ1) is 27.5. The summed E-state index contributed by atoms with van der Waals surface area (Å²) in [6.07, 6.45) is -3.88. The summed E-state index contributed by atoms with van der Waals surface area (Å²) >= 11 is 5.82. The number of alkyl halides is 3. The molecule has 1 saturated carbocycles. The molecule has 0 spiro atoms. The van der Waals surface area contributed by atoms with Gasteiger partial charge in [0.25, 0.3) is 5.91 Å². The van der Waals surface area contributed by atoms with E-state index in [1.54, 1.807) is 0 Å². The van der Waals surface area contributed by atoms with Crippen molar-refractivity contribution >= 4 is 35.5 Å². The molecular formula is C25H29ClF3N5O5. The van der Waals surface area contributed by atoms with Gasteiger partial charge in [-0.15, -0.1) is 0 Å². The topological polar surface area (TPSA) is 102 Å². The summed E-state index contributed by atoms with van der Waals surface area (Å²) in [5, 5.41) is 2.33. The Morgan fingerprint density at radius 2 is 1.72 bits per heavy atom. The van der Waals surface area contributed by atoms with E-state index in [2.05, 4.69) is 10.2 Å². The number of likely N-dealkylation sites (N-methyl/N-ethyl adjacent to an activating group) is 1. The molecule has 212 valence electrons. The first-order valence-corrected chi connectivity index (χ1v) is 13.2. The van der Waals surface area contributed by atoms with E-state index in [0.717, 1.165) is 11.0 Å². The second-order valence-corrected chi connectivity index (χ2v) is 11.0. The number of urea groups is 1. The van der Waals surface area contributed by atoms with Crippen LogP contribution in [0.4, 0.5) is 22.8 Å². The molecule has 1 aromatic rings. The summed E-state index contributed by atoms with van der Waals surface area (Å²) < 4.78 is 45.0. The fraction of sp³-hybridized carbons (Fsp3) is 0.600. The molecule has 1 aromatic carbocycles. The van der Waals surface area contributed by atoms with Crippen LogP contribution in [-0.4, -0.2) is 89.0 Å². The van der Waals surface area contributed by atoms with Crippen LogP contribution in [0.25, 0.3) is 0 Å². The molecule has 10 nitrogen and oxygen atoms in total. The van der Waals surface area contributed by atoms with Crippen LogP contribution in [0.3, 0.4) is 0 Å². The molecule has 0 aromatic heterocycles. The quantitative estimate of drug-likeness (QED) is 0.527. The first-order valence-electron chi connectivity index (χ1n) is 12.8. The Balaban J connectivity index is 1.20. The van der Waals surface area contributed by atoms with Crippen LogP contribution in [0.5, 0.6) is 0 Å². The number of carbonyl (C=O) groups excluding carboxylic acids is 4. The monoisotopic (exact) mass is 571 g/mol. The lowest BCUT2D eigenvalue weighted by Crippen LogP contribution is -2.50. The number of hydrogen-bond acceptors (Lipinski definition) is 6. The van der Waals surface area contributed by atoms with Crippen molar-refractivity contribution in [2.45, 2.75) is 50.5 Å². The number of benzene rings is 1. The molecule has 3 fully saturated rings. The van der Waals surface area contributed by atoms with Gasteiger partial charge < -0.3 is 24.8 Å². The zero-order valence-electron chi connectivity index (χ0n) is 21.4. The number of fused-ring (bicyclic) bond motifs is 1. The van der Waals surface area contributed by atoms with Crippen LogP contribution in [0.2, 0.25) is 5.02 Å². The number of halogens is 4. The highest BCUT2D eigenvalue weighted by Gasteiger charge is 2.59. The van der Waals surface area contributed by atoms with Crippen molar-refractivity contribution < 1.29 is 37.1 Å². The van der Waals surface area contributed by atoms with E-state index < -0.39 is 47.1 Å². The van der Waals surface area contributed by atoms with Gasteiger partial charge >= 0.3 is 18.3 Å². The van der Waals surface area contributed by atoms with Gasteiger partial charge in [0, 0.05) is 45.7 Å². The molecular weight excluding hydrogens is 543 g/mol. The molecule has 1 unspecified atom stereocenters. The highest BCUT2D eigenvalue weighted by atomic mass is 35.5. The molecule has 3 aliphatic heterocycles. The SMILES string of the molecule is CN1CCN(C(=O)OCN2C(=O)NC(CCC(=O)N3Cc4cc(Cl)c(C(F)(F)F)cc4C3)(C3CC3)C2=O)CC1. The van der Waals surface area contributed by atoms with Gasteiger partial charge in [-0.05, 0) is 55.5 Å². The van der Waals surface area contributed by atoms with Gasteiger partial charge in [0.05, 0.1) is 10.6 Å². The van der Waals surface area contributed by atoms with E-state index >= 15 is 0 Å². The number of ether oxygens (including phenoxy) is 1. The molecule has 0 bridgehead atoms. The van der Waals surface area contributed by atoms with E-state index in [1.165, 1.54) is 15.9 Å². The van der Waals surface area contributed by atoms with Crippen LogP contribution in [0.1, 0.15) is 42.4 Å². The number of nitrogens with one attached hydrogen (secondary N) is 1. The van der Waals surface area contributed by atoms with Gasteiger partial charge in [0.2, 0.25) is 5.91 Å². The predicted octanol–water partition coefficient (Wildman–Crippen LogP) is 3.02. The normalized spacial score (nSPS) is 23.8. The van der Waals surface area contributed by atoms with Crippen LogP contribution in [0, 0.1) is 5.92 Å². The molecule has 3 heterocycles. The molecule has 0 radical (unpaired) electrons. The second kappa shape index (κ2) is 10.2. The number of imide groups is 1. The van der Waals surface area contributed by atoms with Crippen molar-refractivity contribution in [1.29, 1.82) is 0 Å². The standard InChI is InChI=1S/C25H29ClF3N5O5/c1-31-6-8-32(9-7-31)23(38)39-14-34-21(36)24(17-2-3-17,30-22(34)37)5-4-20(35)33-12-15-10-18(25(27,28)29)19(26)11-16(15)13-33/h10-11,17H,2-9,12-14H2,1H3,(H,30,37). The Kier molecular flexibility index (Phi) is 7.17. The molecule has 14 heteroatoms. The van der Waals surface area contributed by atoms with Crippen LogP contribution >= 0.6 is 11.6 Å². The Morgan fingerprint density at radius 3 is 2.33 bits per heavy atom. The van der Waals surface area contributed by atoms with Gasteiger partial charge in [-0.3, -0.25) is 9.59 Å². The second-order valence-electron chi connectivity index (χ2n) is 10.6. The van der Waals surface area contributed by atoms with Gasteiger partial charge in [0.1, 0.15) is 5.54 Å². The lowest BCUT2D eigenvalue weighted by molar-refractivity contribution is -0.138. The minimum atomic E-state index is -4.61. The van der Waals surface area contributed by atoms with Crippen molar-refractivity contribution in [3.8, 4) is 0 Å². The van der Waals surface area contributed by atoms with Crippen LogP contribution in [-0.2, 0) is 33.6 Å². The third-order valence-electron chi connectivity index (χ3n) is 7.96. The molecule has 1 atom stereocenters. The summed E-state index contributed by atoms with van der Waals surface area (Å²) in [7, 11) is 1.94. The number of carbonyl (C=O) groups is 4. The smallest absolute Gasteiger partial charge is 0.417 e. The van der Waals surface area contributed by atoms with Crippen molar-refractivity contribution in [1.82, 2.24) is 24.9 Å². The number of nitrogens with zero attached hydrogens (tertiary/aromatic N) is 4. The third kappa shape index (κ3) is 5.38. The number of amides is 5.